The fourth-order valence-electron chi connectivity index (χ4n) is 2.39. The maximum absolute atomic E-state index is 12.2. The molecule has 1 aliphatic rings. The molecule has 1 saturated heterocycles. The minimum Gasteiger partial charge on any atom is -0.476 e. The van der Waals surface area contributed by atoms with Crippen LogP contribution in [0.25, 0.3) is 0 Å². The van der Waals surface area contributed by atoms with Gasteiger partial charge >= 0.3 is 12.0 Å². The van der Waals surface area contributed by atoms with Gasteiger partial charge in [0, 0.05) is 19.3 Å². The van der Waals surface area contributed by atoms with Crippen molar-refractivity contribution in [1.29, 1.82) is 0 Å². The SMILES string of the molecule is CC(C)C1CCN(C(=O)Nc2cccnc2C(=O)O)C1. The van der Waals surface area contributed by atoms with E-state index in [9.17, 15) is 9.59 Å². The van der Waals surface area contributed by atoms with Crippen molar-refractivity contribution in [1.82, 2.24) is 9.88 Å². The van der Waals surface area contributed by atoms with Crippen LogP contribution in [-0.2, 0) is 0 Å². The van der Waals surface area contributed by atoms with E-state index in [0.29, 0.717) is 24.9 Å². The fraction of sp³-hybridized carbons (Fsp3) is 0.500. The Hall–Kier alpha value is -2.11. The van der Waals surface area contributed by atoms with Gasteiger partial charge < -0.3 is 15.3 Å². The van der Waals surface area contributed by atoms with E-state index < -0.39 is 5.97 Å². The first-order valence-electron chi connectivity index (χ1n) is 6.73. The van der Waals surface area contributed by atoms with Crippen LogP contribution in [-0.4, -0.2) is 40.1 Å². The first-order valence-corrected chi connectivity index (χ1v) is 6.73. The van der Waals surface area contributed by atoms with Crippen LogP contribution in [0.2, 0.25) is 0 Å². The zero-order valence-electron chi connectivity index (χ0n) is 11.7. The lowest BCUT2D eigenvalue weighted by atomic mass is 9.95. The number of nitrogens with zero attached hydrogens (tertiary/aromatic N) is 2. The van der Waals surface area contributed by atoms with E-state index in [-0.39, 0.29) is 17.4 Å². The molecule has 0 radical (unpaired) electrons. The Labute approximate surface area is 117 Å². The smallest absolute Gasteiger partial charge is 0.356 e. The standard InChI is InChI=1S/C14H19N3O3/c1-9(2)10-5-7-17(8-10)14(20)16-11-4-3-6-15-12(11)13(18)19/h3-4,6,9-10H,5,7-8H2,1-2H3,(H,16,20)(H,18,19). The van der Waals surface area contributed by atoms with E-state index in [0.717, 1.165) is 6.42 Å². The van der Waals surface area contributed by atoms with Gasteiger partial charge in [-0.1, -0.05) is 13.8 Å². The maximum Gasteiger partial charge on any atom is 0.356 e. The highest BCUT2D eigenvalue weighted by atomic mass is 16.4. The van der Waals surface area contributed by atoms with Crippen LogP contribution in [0.4, 0.5) is 10.5 Å². The number of likely N-dealkylation sites (tertiary alicyclic amines) is 1. The molecule has 2 heterocycles. The molecule has 0 spiro atoms. The highest BCUT2D eigenvalue weighted by molar-refractivity contribution is 5.98. The van der Waals surface area contributed by atoms with Crippen LogP contribution in [0.5, 0.6) is 0 Å². The highest BCUT2D eigenvalue weighted by Crippen LogP contribution is 2.24. The van der Waals surface area contributed by atoms with Crippen LogP contribution in [0.15, 0.2) is 18.3 Å². The van der Waals surface area contributed by atoms with Crippen molar-refractivity contribution >= 4 is 17.7 Å². The number of amides is 2. The average Bonchev–Trinajstić information content (AvgIpc) is 2.89. The molecule has 20 heavy (non-hydrogen) atoms. The predicted octanol–water partition coefficient (Wildman–Crippen LogP) is 2.29. The van der Waals surface area contributed by atoms with E-state index in [1.54, 1.807) is 17.0 Å². The van der Waals surface area contributed by atoms with Crippen molar-refractivity contribution in [3.05, 3.63) is 24.0 Å². The number of pyridine rings is 1. The van der Waals surface area contributed by atoms with Crippen molar-refractivity contribution in [2.45, 2.75) is 20.3 Å². The van der Waals surface area contributed by atoms with Crippen molar-refractivity contribution in [3.8, 4) is 0 Å². The summed E-state index contributed by atoms with van der Waals surface area (Å²) >= 11 is 0. The molecule has 0 aliphatic carbocycles. The van der Waals surface area contributed by atoms with Gasteiger partial charge in [-0.05, 0) is 30.4 Å². The van der Waals surface area contributed by atoms with Crippen LogP contribution in [0.3, 0.4) is 0 Å². The Balaban J connectivity index is 2.04. The van der Waals surface area contributed by atoms with Crippen LogP contribution in [0.1, 0.15) is 30.8 Å². The third kappa shape index (κ3) is 3.07. The Bertz CT molecular complexity index is 516. The molecular formula is C14H19N3O3. The van der Waals surface area contributed by atoms with Gasteiger partial charge in [-0.25, -0.2) is 14.6 Å². The molecular weight excluding hydrogens is 258 g/mol. The third-order valence-corrected chi connectivity index (χ3v) is 3.71. The van der Waals surface area contributed by atoms with E-state index in [1.807, 2.05) is 0 Å². The van der Waals surface area contributed by atoms with Gasteiger partial charge in [0.2, 0.25) is 0 Å². The molecule has 0 bridgehead atoms. The Morgan fingerprint density at radius 2 is 2.25 bits per heavy atom. The first kappa shape index (κ1) is 14.3. The Morgan fingerprint density at radius 3 is 2.85 bits per heavy atom. The number of carboxylic acids is 1. The monoisotopic (exact) mass is 277 g/mol. The summed E-state index contributed by atoms with van der Waals surface area (Å²) < 4.78 is 0. The molecule has 0 saturated carbocycles. The minimum atomic E-state index is -1.15. The second-order valence-electron chi connectivity index (χ2n) is 5.37. The van der Waals surface area contributed by atoms with Gasteiger partial charge in [-0.3, -0.25) is 0 Å². The summed E-state index contributed by atoms with van der Waals surface area (Å²) in [5.41, 5.74) is 0.0958. The van der Waals surface area contributed by atoms with Gasteiger partial charge in [0.15, 0.2) is 5.69 Å². The number of aromatic carboxylic acids is 1. The number of anilines is 1. The summed E-state index contributed by atoms with van der Waals surface area (Å²) in [5.74, 6) is -0.100. The summed E-state index contributed by atoms with van der Waals surface area (Å²) in [5, 5.41) is 11.7. The number of carboxylic acid groups (broad SMARTS) is 1. The molecule has 2 rings (SSSR count). The van der Waals surface area contributed by atoms with Crippen LogP contribution in [0, 0.1) is 11.8 Å². The quantitative estimate of drug-likeness (QED) is 0.888. The number of aromatic nitrogens is 1. The maximum atomic E-state index is 12.2. The Kier molecular flexibility index (Phi) is 4.22. The number of urea groups is 1. The molecule has 1 unspecified atom stereocenters. The molecule has 6 nitrogen and oxygen atoms in total. The number of hydrogen-bond donors (Lipinski definition) is 2. The highest BCUT2D eigenvalue weighted by Gasteiger charge is 2.28. The Morgan fingerprint density at radius 1 is 1.50 bits per heavy atom. The number of rotatable bonds is 3. The summed E-state index contributed by atoms with van der Waals surface area (Å²) in [7, 11) is 0. The van der Waals surface area contributed by atoms with Crippen LogP contribution < -0.4 is 5.32 Å². The van der Waals surface area contributed by atoms with Gasteiger partial charge in [0.1, 0.15) is 0 Å². The van der Waals surface area contributed by atoms with Crippen molar-refractivity contribution < 1.29 is 14.7 Å². The second kappa shape index (κ2) is 5.90. The second-order valence-corrected chi connectivity index (χ2v) is 5.37. The zero-order chi connectivity index (χ0) is 14.7. The molecule has 1 aromatic rings. The molecule has 0 aromatic carbocycles. The number of carbonyl (C=O) groups is 2. The van der Waals surface area contributed by atoms with E-state index >= 15 is 0 Å². The third-order valence-electron chi connectivity index (χ3n) is 3.71. The normalized spacial score (nSPS) is 18.4. The fourth-order valence-corrected chi connectivity index (χ4v) is 2.39. The number of hydrogen-bond acceptors (Lipinski definition) is 3. The predicted molar refractivity (Wildman–Crippen MR) is 74.7 cm³/mol. The molecule has 2 N–H and O–H groups in total. The molecule has 1 aromatic heterocycles. The largest absolute Gasteiger partial charge is 0.476 e. The van der Waals surface area contributed by atoms with E-state index in [2.05, 4.69) is 24.1 Å². The van der Waals surface area contributed by atoms with Crippen molar-refractivity contribution in [2.24, 2.45) is 11.8 Å². The minimum absolute atomic E-state index is 0.138. The summed E-state index contributed by atoms with van der Waals surface area (Å²) in [4.78, 5) is 28.7. The van der Waals surface area contributed by atoms with Gasteiger partial charge in [-0.15, -0.1) is 0 Å². The summed E-state index contributed by atoms with van der Waals surface area (Å²) in [6, 6.07) is 2.89. The summed E-state index contributed by atoms with van der Waals surface area (Å²) in [6.07, 6.45) is 2.38. The molecule has 108 valence electrons. The molecule has 1 atom stereocenters. The van der Waals surface area contributed by atoms with Gasteiger partial charge in [-0.2, -0.15) is 0 Å². The van der Waals surface area contributed by atoms with Gasteiger partial charge in [0.25, 0.3) is 0 Å². The molecule has 2 amide bonds. The van der Waals surface area contributed by atoms with Crippen molar-refractivity contribution in [2.75, 3.05) is 18.4 Å². The van der Waals surface area contributed by atoms with E-state index in [1.165, 1.54) is 6.20 Å². The first-order chi connectivity index (χ1) is 9.49. The summed E-state index contributed by atoms with van der Waals surface area (Å²) in [6.45, 7) is 5.72. The lowest BCUT2D eigenvalue weighted by molar-refractivity contribution is 0.0691. The van der Waals surface area contributed by atoms with Crippen molar-refractivity contribution in [3.63, 3.8) is 0 Å². The molecule has 1 fully saturated rings. The number of nitrogens with one attached hydrogen (secondary N) is 1. The van der Waals surface area contributed by atoms with Crippen LogP contribution >= 0.6 is 0 Å². The molecule has 1 aliphatic heterocycles. The molecule has 6 heteroatoms. The lowest BCUT2D eigenvalue weighted by Gasteiger charge is -2.19. The zero-order valence-corrected chi connectivity index (χ0v) is 11.7. The van der Waals surface area contributed by atoms with Gasteiger partial charge in [0.05, 0.1) is 5.69 Å². The average molecular weight is 277 g/mol. The van der Waals surface area contributed by atoms with E-state index in [4.69, 9.17) is 5.11 Å². The lowest BCUT2D eigenvalue weighted by Crippen LogP contribution is -2.34. The number of carbonyl (C=O) groups excluding carboxylic acids is 1. The topological polar surface area (TPSA) is 82.5 Å².